The molecule has 1 aromatic carbocycles. The second-order valence-electron chi connectivity index (χ2n) is 5.82. The Labute approximate surface area is 147 Å². The number of ether oxygens (including phenoxy) is 2. The molecule has 2 aliphatic heterocycles. The predicted octanol–water partition coefficient (Wildman–Crippen LogP) is 4.21. The van der Waals surface area contributed by atoms with Crippen LogP contribution in [0, 0.1) is 9.49 Å². The molecule has 114 valence electrons. The third-order valence-corrected chi connectivity index (χ3v) is 5.82. The highest BCUT2D eigenvalue weighted by Gasteiger charge is 2.41. The van der Waals surface area contributed by atoms with Crippen LogP contribution in [0.15, 0.2) is 22.7 Å². The fourth-order valence-electron chi connectivity index (χ4n) is 3.25. The van der Waals surface area contributed by atoms with Crippen molar-refractivity contribution in [3.63, 3.8) is 0 Å². The number of hydrogen-bond donors (Lipinski definition) is 0. The monoisotopic (exact) mass is 464 g/mol. The maximum absolute atomic E-state index is 12.9. The number of carbonyl (C=O) groups is 1. The van der Waals surface area contributed by atoms with E-state index in [4.69, 9.17) is 9.47 Å². The normalized spacial score (nSPS) is 25.0. The SMILES string of the molecule is O=C(c1cc(I)ccc1Br)C1CCOC2(CCOCC2)C1. The summed E-state index contributed by atoms with van der Waals surface area (Å²) in [5.74, 6) is 0.306. The lowest BCUT2D eigenvalue weighted by Crippen LogP contribution is -2.45. The summed E-state index contributed by atoms with van der Waals surface area (Å²) in [6, 6.07) is 5.93. The maximum atomic E-state index is 12.9. The first kappa shape index (κ1) is 15.9. The second kappa shape index (κ2) is 6.64. The molecular weight excluding hydrogens is 447 g/mol. The summed E-state index contributed by atoms with van der Waals surface area (Å²) in [6.45, 7) is 2.17. The van der Waals surface area contributed by atoms with Gasteiger partial charge < -0.3 is 9.47 Å². The molecule has 1 atom stereocenters. The first-order valence-electron chi connectivity index (χ1n) is 7.31. The third-order valence-electron chi connectivity index (χ3n) is 4.46. The summed E-state index contributed by atoms with van der Waals surface area (Å²) < 4.78 is 13.4. The van der Waals surface area contributed by atoms with Gasteiger partial charge in [0.15, 0.2) is 5.78 Å². The fourth-order valence-corrected chi connectivity index (χ4v) is 4.18. The molecule has 0 aromatic heterocycles. The van der Waals surface area contributed by atoms with Crippen LogP contribution in [-0.4, -0.2) is 31.2 Å². The summed E-state index contributed by atoms with van der Waals surface area (Å²) in [5.41, 5.74) is 0.668. The molecule has 2 fully saturated rings. The molecule has 1 spiro atoms. The van der Waals surface area contributed by atoms with Crippen LogP contribution in [0.25, 0.3) is 0 Å². The van der Waals surface area contributed by atoms with E-state index in [0.717, 1.165) is 52.5 Å². The van der Waals surface area contributed by atoms with Crippen molar-refractivity contribution < 1.29 is 14.3 Å². The van der Waals surface area contributed by atoms with Crippen molar-refractivity contribution in [2.24, 2.45) is 5.92 Å². The Morgan fingerprint density at radius 3 is 2.81 bits per heavy atom. The van der Waals surface area contributed by atoms with E-state index in [1.807, 2.05) is 18.2 Å². The highest BCUT2D eigenvalue weighted by molar-refractivity contribution is 14.1. The van der Waals surface area contributed by atoms with E-state index in [0.29, 0.717) is 6.61 Å². The van der Waals surface area contributed by atoms with Crippen LogP contribution in [-0.2, 0) is 9.47 Å². The van der Waals surface area contributed by atoms with E-state index in [9.17, 15) is 4.79 Å². The van der Waals surface area contributed by atoms with Crippen molar-refractivity contribution >= 4 is 44.3 Å². The highest BCUT2D eigenvalue weighted by atomic mass is 127. The number of carbonyl (C=O) groups excluding carboxylic acids is 1. The van der Waals surface area contributed by atoms with Crippen LogP contribution >= 0.6 is 38.5 Å². The average Bonchev–Trinajstić information content (AvgIpc) is 2.50. The largest absolute Gasteiger partial charge is 0.381 e. The molecule has 1 unspecified atom stereocenters. The van der Waals surface area contributed by atoms with Crippen LogP contribution < -0.4 is 0 Å². The summed E-state index contributed by atoms with van der Waals surface area (Å²) in [5, 5.41) is 0. The van der Waals surface area contributed by atoms with Gasteiger partial charge >= 0.3 is 0 Å². The molecule has 1 aromatic rings. The second-order valence-corrected chi connectivity index (χ2v) is 7.92. The van der Waals surface area contributed by atoms with Gasteiger partial charge in [0.1, 0.15) is 0 Å². The first-order chi connectivity index (χ1) is 10.1. The molecule has 21 heavy (non-hydrogen) atoms. The van der Waals surface area contributed by atoms with Crippen LogP contribution in [0.5, 0.6) is 0 Å². The van der Waals surface area contributed by atoms with E-state index in [1.54, 1.807) is 0 Å². The van der Waals surface area contributed by atoms with Gasteiger partial charge in [-0.05, 0) is 66.5 Å². The molecule has 0 saturated carbocycles. The van der Waals surface area contributed by atoms with Crippen molar-refractivity contribution in [2.75, 3.05) is 19.8 Å². The molecular formula is C16H18BrIO3. The number of halogens is 2. The van der Waals surface area contributed by atoms with Gasteiger partial charge in [0.25, 0.3) is 0 Å². The van der Waals surface area contributed by atoms with Crippen LogP contribution in [0.3, 0.4) is 0 Å². The van der Waals surface area contributed by atoms with E-state index < -0.39 is 0 Å². The minimum atomic E-state index is -0.134. The van der Waals surface area contributed by atoms with Gasteiger partial charge in [-0.2, -0.15) is 0 Å². The van der Waals surface area contributed by atoms with E-state index in [2.05, 4.69) is 38.5 Å². The fraction of sp³-hybridized carbons (Fsp3) is 0.562. The average molecular weight is 465 g/mol. The predicted molar refractivity (Wildman–Crippen MR) is 92.6 cm³/mol. The van der Waals surface area contributed by atoms with Gasteiger partial charge in [-0.3, -0.25) is 4.79 Å². The molecule has 2 aliphatic rings. The molecule has 0 N–H and O–H groups in total. The van der Waals surface area contributed by atoms with Gasteiger partial charge in [-0.15, -0.1) is 0 Å². The van der Waals surface area contributed by atoms with Crippen molar-refractivity contribution in [3.05, 3.63) is 31.8 Å². The van der Waals surface area contributed by atoms with Gasteiger partial charge in [0.05, 0.1) is 5.60 Å². The minimum Gasteiger partial charge on any atom is -0.381 e. The Balaban J connectivity index is 1.79. The quantitative estimate of drug-likeness (QED) is 0.485. The zero-order valence-electron chi connectivity index (χ0n) is 11.7. The topological polar surface area (TPSA) is 35.5 Å². The zero-order valence-corrected chi connectivity index (χ0v) is 15.5. The Bertz CT molecular complexity index is 535. The number of ketones is 1. The molecule has 3 nitrogen and oxygen atoms in total. The Morgan fingerprint density at radius 1 is 1.29 bits per heavy atom. The van der Waals surface area contributed by atoms with Gasteiger partial charge in [-0.25, -0.2) is 0 Å². The summed E-state index contributed by atoms with van der Waals surface area (Å²) in [4.78, 5) is 12.9. The van der Waals surface area contributed by atoms with Crippen molar-refractivity contribution in [1.82, 2.24) is 0 Å². The number of Topliss-reactive ketones (excluding diaryl/α,β-unsaturated/α-hetero) is 1. The van der Waals surface area contributed by atoms with Crippen LogP contribution in [0.2, 0.25) is 0 Å². The van der Waals surface area contributed by atoms with Gasteiger partial charge in [0.2, 0.25) is 0 Å². The lowest BCUT2D eigenvalue weighted by molar-refractivity contribution is -0.142. The Hall–Kier alpha value is 0.0200. The molecule has 2 saturated heterocycles. The van der Waals surface area contributed by atoms with E-state index >= 15 is 0 Å². The number of benzene rings is 1. The molecule has 2 heterocycles. The zero-order chi connectivity index (χ0) is 14.9. The lowest BCUT2D eigenvalue weighted by atomic mass is 9.78. The standard InChI is InChI=1S/C16H18BrIO3/c17-14-2-1-12(18)9-13(14)15(19)11-3-6-21-16(10-11)4-7-20-8-5-16/h1-2,9,11H,3-8,10H2. The van der Waals surface area contributed by atoms with Crippen LogP contribution in [0.1, 0.15) is 36.0 Å². The smallest absolute Gasteiger partial charge is 0.167 e. The molecule has 0 amide bonds. The summed E-state index contributed by atoms with van der Waals surface area (Å²) in [6.07, 6.45) is 3.46. The minimum absolute atomic E-state index is 0.0614. The van der Waals surface area contributed by atoms with Crippen molar-refractivity contribution in [1.29, 1.82) is 0 Å². The van der Waals surface area contributed by atoms with E-state index in [-0.39, 0.29) is 17.3 Å². The van der Waals surface area contributed by atoms with Gasteiger partial charge in [0, 0.05) is 39.3 Å². The molecule has 0 bridgehead atoms. The van der Waals surface area contributed by atoms with E-state index in [1.165, 1.54) is 0 Å². The molecule has 5 heteroatoms. The molecule has 0 aliphatic carbocycles. The lowest BCUT2D eigenvalue weighted by Gasteiger charge is -2.43. The summed E-state index contributed by atoms with van der Waals surface area (Å²) >= 11 is 5.76. The van der Waals surface area contributed by atoms with Gasteiger partial charge in [-0.1, -0.05) is 15.9 Å². The first-order valence-corrected chi connectivity index (χ1v) is 9.18. The number of hydrogen-bond acceptors (Lipinski definition) is 3. The number of rotatable bonds is 2. The summed E-state index contributed by atoms with van der Waals surface area (Å²) in [7, 11) is 0. The Kier molecular flexibility index (Phi) is 5.03. The van der Waals surface area contributed by atoms with Crippen molar-refractivity contribution in [3.8, 4) is 0 Å². The molecule has 3 rings (SSSR count). The maximum Gasteiger partial charge on any atom is 0.167 e. The third kappa shape index (κ3) is 3.51. The molecule has 0 radical (unpaired) electrons. The Morgan fingerprint density at radius 2 is 2.05 bits per heavy atom. The van der Waals surface area contributed by atoms with Crippen LogP contribution in [0.4, 0.5) is 0 Å². The highest BCUT2D eigenvalue weighted by Crippen LogP contribution is 2.39. The van der Waals surface area contributed by atoms with Crippen molar-refractivity contribution in [2.45, 2.75) is 31.3 Å².